The third kappa shape index (κ3) is 3.69. The van der Waals surface area contributed by atoms with Crippen molar-refractivity contribution >= 4 is 10.0 Å². The molecule has 0 aliphatic heterocycles. The fourth-order valence-corrected chi connectivity index (χ4v) is 3.26. The molecule has 19 heavy (non-hydrogen) atoms. The van der Waals surface area contributed by atoms with Gasteiger partial charge in [-0.25, -0.2) is 8.42 Å². The van der Waals surface area contributed by atoms with Crippen LogP contribution in [0.25, 0.3) is 0 Å². The van der Waals surface area contributed by atoms with Gasteiger partial charge in [0.25, 0.3) is 0 Å². The fraction of sp³-hybridized carbons (Fsp3) is 0.333. The van der Waals surface area contributed by atoms with Crippen LogP contribution in [-0.4, -0.2) is 25.3 Å². The van der Waals surface area contributed by atoms with Crippen LogP contribution in [0.1, 0.15) is 19.4 Å². The number of hydrogen-bond donors (Lipinski definition) is 0. The number of allylic oxidation sites excluding steroid dienone is 1. The van der Waals surface area contributed by atoms with E-state index in [4.69, 9.17) is 6.42 Å². The first kappa shape index (κ1) is 15.5. The van der Waals surface area contributed by atoms with Gasteiger partial charge in [0.2, 0.25) is 10.0 Å². The van der Waals surface area contributed by atoms with E-state index in [9.17, 15) is 8.42 Å². The van der Waals surface area contributed by atoms with Gasteiger partial charge >= 0.3 is 0 Å². The van der Waals surface area contributed by atoms with E-state index >= 15 is 0 Å². The summed E-state index contributed by atoms with van der Waals surface area (Å²) in [6.07, 6.45) is 8.91. The van der Waals surface area contributed by atoms with Gasteiger partial charge in [-0.1, -0.05) is 35.8 Å². The summed E-state index contributed by atoms with van der Waals surface area (Å²) < 4.78 is 26.4. The van der Waals surface area contributed by atoms with Gasteiger partial charge in [0.15, 0.2) is 0 Å². The van der Waals surface area contributed by atoms with Gasteiger partial charge in [0, 0.05) is 6.04 Å². The van der Waals surface area contributed by atoms with Crippen LogP contribution in [0.2, 0.25) is 0 Å². The van der Waals surface area contributed by atoms with E-state index in [-0.39, 0.29) is 17.5 Å². The summed E-state index contributed by atoms with van der Waals surface area (Å²) in [7, 11) is -3.56. The van der Waals surface area contributed by atoms with E-state index in [1.807, 2.05) is 32.9 Å². The molecule has 102 valence electrons. The molecule has 0 heterocycles. The van der Waals surface area contributed by atoms with Crippen molar-refractivity contribution in [3.63, 3.8) is 0 Å². The van der Waals surface area contributed by atoms with Gasteiger partial charge in [-0.3, -0.25) is 0 Å². The normalized spacial score (nSPS) is 13.6. The number of benzene rings is 1. The van der Waals surface area contributed by atoms with Crippen molar-refractivity contribution in [1.29, 1.82) is 0 Å². The highest BCUT2D eigenvalue weighted by Gasteiger charge is 2.26. The Kier molecular flexibility index (Phi) is 5.34. The number of aryl methyl sites for hydroxylation is 1. The zero-order valence-corrected chi connectivity index (χ0v) is 12.3. The molecule has 1 aromatic carbocycles. The predicted octanol–water partition coefficient (Wildman–Crippen LogP) is 2.58. The van der Waals surface area contributed by atoms with Crippen LogP contribution in [0, 0.1) is 19.3 Å². The van der Waals surface area contributed by atoms with Crippen LogP contribution >= 0.6 is 0 Å². The minimum absolute atomic E-state index is 0.0573. The Morgan fingerprint density at radius 1 is 1.37 bits per heavy atom. The Balaban J connectivity index is 3.20. The molecule has 0 bridgehead atoms. The van der Waals surface area contributed by atoms with Gasteiger partial charge < -0.3 is 0 Å². The summed E-state index contributed by atoms with van der Waals surface area (Å²) in [6.45, 7) is 5.63. The van der Waals surface area contributed by atoms with Gasteiger partial charge in [0.05, 0.1) is 11.4 Å². The van der Waals surface area contributed by atoms with Crippen LogP contribution in [0.3, 0.4) is 0 Å². The second-order valence-corrected chi connectivity index (χ2v) is 6.22. The summed E-state index contributed by atoms with van der Waals surface area (Å²) in [4.78, 5) is 0.268. The molecule has 1 rings (SSSR count). The number of sulfonamides is 1. The lowest BCUT2D eigenvalue weighted by Gasteiger charge is -2.24. The van der Waals surface area contributed by atoms with E-state index < -0.39 is 10.0 Å². The van der Waals surface area contributed by atoms with Crippen LogP contribution < -0.4 is 0 Å². The average molecular weight is 277 g/mol. The molecule has 0 amide bonds. The minimum atomic E-state index is -3.56. The van der Waals surface area contributed by atoms with Gasteiger partial charge in [0.1, 0.15) is 0 Å². The number of nitrogens with zero attached hydrogens (tertiary/aromatic N) is 1. The predicted molar refractivity (Wildman–Crippen MR) is 78.2 cm³/mol. The maximum Gasteiger partial charge on any atom is 0.244 e. The zero-order valence-electron chi connectivity index (χ0n) is 11.5. The van der Waals surface area contributed by atoms with Crippen molar-refractivity contribution in [1.82, 2.24) is 4.31 Å². The van der Waals surface area contributed by atoms with Gasteiger partial charge in [-0.15, -0.1) is 6.42 Å². The summed E-state index contributed by atoms with van der Waals surface area (Å²) in [5, 5.41) is 0. The summed E-state index contributed by atoms with van der Waals surface area (Å²) in [5.41, 5.74) is 1.02. The maximum absolute atomic E-state index is 12.5. The topological polar surface area (TPSA) is 37.4 Å². The van der Waals surface area contributed by atoms with Crippen LogP contribution in [0.15, 0.2) is 41.3 Å². The largest absolute Gasteiger partial charge is 0.244 e. The molecule has 0 spiro atoms. The molecule has 4 heteroatoms. The number of rotatable bonds is 5. The summed E-state index contributed by atoms with van der Waals surface area (Å²) in [6, 6.07) is 6.50. The molecule has 0 fully saturated rings. The molecule has 1 atom stereocenters. The van der Waals surface area contributed by atoms with E-state index in [0.717, 1.165) is 5.56 Å². The summed E-state index contributed by atoms with van der Waals surface area (Å²) in [5.74, 6) is 2.41. The van der Waals surface area contributed by atoms with Crippen molar-refractivity contribution in [3.8, 4) is 12.3 Å². The molecule has 3 nitrogen and oxygen atoms in total. The smallest absolute Gasteiger partial charge is 0.207 e. The number of terminal acetylenes is 1. The Morgan fingerprint density at radius 3 is 2.42 bits per heavy atom. The molecule has 1 unspecified atom stereocenters. The zero-order chi connectivity index (χ0) is 14.5. The van der Waals surface area contributed by atoms with Crippen molar-refractivity contribution in [3.05, 3.63) is 42.0 Å². The quantitative estimate of drug-likeness (QED) is 0.613. The second kappa shape index (κ2) is 6.55. The standard InChI is InChI=1S/C15H19NO2S/c1-5-7-14(4)16(12-6-2)19(17,18)15-10-8-13(3)9-11-15/h2,5,7-11,14H,12H2,1,3-4H3/b7-5-. The highest BCUT2D eigenvalue weighted by molar-refractivity contribution is 7.89. The molecule has 0 saturated carbocycles. The van der Waals surface area contributed by atoms with E-state index in [1.54, 1.807) is 24.3 Å². The molecule has 0 aliphatic rings. The molecule has 0 radical (unpaired) electrons. The molecular weight excluding hydrogens is 258 g/mol. The average Bonchev–Trinajstić information content (AvgIpc) is 2.36. The van der Waals surface area contributed by atoms with Crippen LogP contribution in [0.4, 0.5) is 0 Å². The van der Waals surface area contributed by atoms with Crippen molar-refractivity contribution in [2.45, 2.75) is 31.7 Å². The third-order valence-electron chi connectivity index (χ3n) is 2.80. The lowest BCUT2D eigenvalue weighted by Crippen LogP contribution is -2.37. The molecule has 0 N–H and O–H groups in total. The Morgan fingerprint density at radius 2 is 1.95 bits per heavy atom. The van der Waals surface area contributed by atoms with Crippen molar-refractivity contribution < 1.29 is 8.42 Å². The van der Waals surface area contributed by atoms with Crippen LogP contribution in [0.5, 0.6) is 0 Å². The molecular formula is C15H19NO2S. The van der Waals surface area contributed by atoms with Gasteiger partial charge in [-0.2, -0.15) is 4.31 Å². The van der Waals surface area contributed by atoms with Crippen LogP contribution in [-0.2, 0) is 10.0 Å². The first-order valence-corrected chi connectivity index (χ1v) is 7.52. The first-order chi connectivity index (χ1) is 8.93. The molecule has 0 saturated heterocycles. The second-order valence-electron chi connectivity index (χ2n) is 4.33. The SMILES string of the molecule is C#CCN(C(C)/C=C\C)S(=O)(=O)c1ccc(C)cc1. The minimum Gasteiger partial charge on any atom is -0.207 e. The molecule has 0 aliphatic carbocycles. The Hall–Kier alpha value is -1.57. The summed E-state index contributed by atoms with van der Waals surface area (Å²) >= 11 is 0. The van der Waals surface area contributed by atoms with E-state index in [0.29, 0.717) is 0 Å². The Bertz CT molecular complexity index is 580. The Labute approximate surface area is 116 Å². The van der Waals surface area contributed by atoms with Gasteiger partial charge in [-0.05, 0) is 32.9 Å². The van der Waals surface area contributed by atoms with E-state index in [2.05, 4.69) is 5.92 Å². The third-order valence-corrected chi connectivity index (χ3v) is 4.75. The van der Waals surface area contributed by atoms with Crippen molar-refractivity contribution in [2.24, 2.45) is 0 Å². The highest BCUT2D eigenvalue weighted by Crippen LogP contribution is 2.19. The van der Waals surface area contributed by atoms with E-state index in [1.165, 1.54) is 4.31 Å². The fourth-order valence-electron chi connectivity index (χ4n) is 1.76. The monoisotopic (exact) mass is 277 g/mol. The lowest BCUT2D eigenvalue weighted by atomic mass is 10.2. The highest BCUT2D eigenvalue weighted by atomic mass is 32.2. The number of hydrogen-bond acceptors (Lipinski definition) is 2. The molecule has 1 aromatic rings. The lowest BCUT2D eigenvalue weighted by molar-refractivity contribution is 0.412. The van der Waals surface area contributed by atoms with Crippen molar-refractivity contribution in [2.75, 3.05) is 6.54 Å². The maximum atomic E-state index is 12.5. The first-order valence-electron chi connectivity index (χ1n) is 6.08. The molecule has 0 aromatic heterocycles.